The Morgan fingerprint density at radius 1 is 1.11 bits per heavy atom. The molecular formula is C26H34I2N2O4S. The van der Waals surface area contributed by atoms with Crippen molar-refractivity contribution >= 4 is 68.5 Å². The topological polar surface area (TPSA) is 79.8 Å². The molecule has 0 fully saturated rings. The van der Waals surface area contributed by atoms with Crippen LogP contribution in [0.5, 0.6) is 11.5 Å². The first-order valence-electron chi connectivity index (χ1n) is 11.3. The number of thiocarbonyl (C=S) groups is 1. The van der Waals surface area contributed by atoms with E-state index in [-0.39, 0.29) is 17.6 Å². The Balaban J connectivity index is 2.03. The molecule has 2 rings (SSSR count). The molecule has 0 amide bonds. The lowest BCUT2D eigenvalue weighted by molar-refractivity contribution is -0.154. The maximum atomic E-state index is 12.3. The normalized spacial score (nSPS) is 12.1. The highest BCUT2D eigenvalue weighted by atomic mass is 127. The first-order chi connectivity index (χ1) is 16.3. The van der Waals surface area contributed by atoms with Crippen LogP contribution < -0.4 is 15.4 Å². The summed E-state index contributed by atoms with van der Waals surface area (Å²) in [5.74, 6) is 0.410. The Kier molecular flexibility index (Phi) is 11.3. The highest BCUT2D eigenvalue weighted by Crippen LogP contribution is 2.36. The lowest BCUT2D eigenvalue weighted by Gasteiger charge is -2.23. The molecule has 0 aliphatic heterocycles. The van der Waals surface area contributed by atoms with E-state index in [9.17, 15) is 9.90 Å². The molecule has 1 atom stereocenters. The minimum Gasteiger partial charge on any atom is -0.503 e. The minimum atomic E-state index is -0.547. The lowest BCUT2D eigenvalue weighted by atomic mass is 9.96. The fraction of sp³-hybridized carbons (Fsp3) is 0.462. The zero-order valence-electron chi connectivity index (χ0n) is 21.1. The third kappa shape index (κ3) is 8.92. The summed E-state index contributed by atoms with van der Waals surface area (Å²) in [6, 6.07) is 8.24. The third-order valence-electron chi connectivity index (χ3n) is 5.59. The van der Waals surface area contributed by atoms with E-state index in [1.807, 2.05) is 26.8 Å². The average molecular weight is 724 g/mol. The summed E-state index contributed by atoms with van der Waals surface area (Å²) in [6.45, 7) is 11.1. The van der Waals surface area contributed by atoms with Gasteiger partial charge in [0.1, 0.15) is 0 Å². The van der Waals surface area contributed by atoms with Crippen LogP contribution in [0.15, 0.2) is 24.3 Å². The van der Waals surface area contributed by atoms with Gasteiger partial charge < -0.3 is 25.2 Å². The molecule has 3 N–H and O–H groups in total. The van der Waals surface area contributed by atoms with E-state index >= 15 is 0 Å². The highest BCUT2D eigenvalue weighted by Gasteiger charge is 2.24. The molecule has 2 aromatic carbocycles. The van der Waals surface area contributed by atoms with Gasteiger partial charge in [-0.15, -0.1) is 0 Å². The van der Waals surface area contributed by atoms with Crippen LogP contribution in [0, 0.1) is 32.3 Å². The van der Waals surface area contributed by atoms with Crippen LogP contribution in [0.25, 0.3) is 0 Å². The van der Waals surface area contributed by atoms with Crippen LogP contribution in [-0.2, 0) is 22.5 Å². The summed E-state index contributed by atoms with van der Waals surface area (Å²) in [4.78, 5) is 12.3. The molecule has 1 unspecified atom stereocenters. The molecule has 35 heavy (non-hydrogen) atoms. The molecule has 6 nitrogen and oxygen atoms in total. The van der Waals surface area contributed by atoms with Gasteiger partial charge in [0.15, 0.2) is 16.6 Å². The molecular weight excluding hydrogens is 690 g/mol. The van der Waals surface area contributed by atoms with E-state index in [2.05, 4.69) is 87.9 Å². The van der Waals surface area contributed by atoms with Crippen molar-refractivity contribution in [2.24, 2.45) is 11.3 Å². The van der Waals surface area contributed by atoms with Crippen molar-refractivity contribution in [3.63, 3.8) is 0 Å². The number of methoxy groups -OCH3 is 1. The first kappa shape index (κ1) is 29.9. The van der Waals surface area contributed by atoms with Gasteiger partial charge in [-0.1, -0.05) is 18.2 Å². The molecule has 0 bridgehead atoms. The van der Waals surface area contributed by atoms with E-state index in [0.717, 1.165) is 19.1 Å². The standard InChI is InChI=1S/C26H34I2N2O4S/c1-15-7-8-17(9-16(15)2)10-18(14-34-24(32)26(3,4)5)12-29-25(35)30-13-19-11-20(33-6)23(31)22(28)21(19)27/h7-9,11,18,31H,10,12-14H2,1-6H3,(H2,29,30,35). The lowest BCUT2D eigenvalue weighted by Crippen LogP contribution is -2.39. The van der Waals surface area contributed by atoms with Crippen molar-refractivity contribution < 1.29 is 19.4 Å². The maximum Gasteiger partial charge on any atom is 0.311 e. The van der Waals surface area contributed by atoms with Crippen LogP contribution in [0.1, 0.15) is 43.0 Å². The molecule has 0 aliphatic rings. The van der Waals surface area contributed by atoms with Crippen molar-refractivity contribution in [3.05, 3.63) is 53.7 Å². The Hall–Kier alpha value is -1.34. The third-order valence-corrected chi connectivity index (χ3v) is 9.19. The van der Waals surface area contributed by atoms with Gasteiger partial charge in [0.05, 0.1) is 22.7 Å². The number of carbonyl (C=O) groups excluding carboxylic acids is 1. The second kappa shape index (κ2) is 13.3. The predicted molar refractivity (Wildman–Crippen MR) is 161 cm³/mol. The van der Waals surface area contributed by atoms with Gasteiger partial charge in [-0.2, -0.15) is 0 Å². The van der Waals surface area contributed by atoms with Gasteiger partial charge in [0, 0.05) is 22.6 Å². The number of carbonyl (C=O) groups is 1. The number of phenols is 1. The SMILES string of the molecule is COc1cc(CNC(=S)NCC(COC(=O)C(C)(C)C)Cc2ccc(C)c(C)c2)c(I)c(I)c1O. The molecule has 0 saturated carbocycles. The molecule has 9 heteroatoms. The number of rotatable bonds is 9. The summed E-state index contributed by atoms with van der Waals surface area (Å²) < 4.78 is 12.6. The van der Waals surface area contributed by atoms with E-state index in [1.165, 1.54) is 23.8 Å². The summed E-state index contributed by atoms with van der Waals surface area (Å²) in [5, 5.41) is 17.2. The molecule has 2 aromatic rings. The Bertz CT molecular complexity index is 1070. The van der Waals surface area contributed by atoms with E-state index in [4.69, 9.17) is 21.7 Å². The summed E-state index contributed by atoms with van der Waals surface area (Å²) >= 11 is 9.83. The van der Waals surface area contributed by atoms with E-state index < -0.39 is 5.41 Å². The van der Waals surface area contributed by atoms with Crippen molar-refractivity contribution in [1.82, 2.24) is 10.6 Å². The average Bonchev–Trinajstić information content (AvgIpc) is 2.80. The predicted octanol–water partition coefficient (Wildman–Crippen LogP) is 5.64. The zero-order valence-corrected chi connectivity index (χ0v) is 26.2. The number of aromatic hydroxyl groups is 1. The van der Waals surface area contributed by atoms with Gasteiger partial charge in [-0.3, -0.25) is 4.79 Å². The van der Waals surface area contributed by atoms with Crippen LogP contribution >= 0.6 is 57.4 Å². The van der Waals surface area contributed by atoms with Crippen molar-refractivity contribution in [1.29, 1.82) is 0 Å². The molecule has 0 aliphatic carbocycles. The van der Waals surface area contributed by atoms with Crippen molar-refractivity contribution in [3.8, 4) is 11.5 Å². The van der Waals surface area contributed by atoms with Crippen LogP contribution in [-0.4, -0.2) is 36.4 Å². The largest absolute Gasteiger partial charge is 0.503 e. The monoisotopic (exact) mass is 724 g/mol. The molecule has 0 spiro atoms. The Morgan fingerprint density at radius 2 is 1.80 bits per heavy atom. The second-order valence-corrected chi connectivity index (χ2v) is 12.2. The van der Waals surface area contributed by atoms with Gasteiger partial charge in [-0.05, 0) is 127 Å². The Morgan fingerprint density at radius 3 is 2.40 bits per heavy atom. The minimum absolute atomic E-state index is 0.0537. The highest BCUT2D eigenvalue weighted by molar-refractivity contribution is 14.1. The molecule has 0 saturated heterocycles. The molecule has 0 radical (unpaired) electrons. The van der Waals surface area contributed by atoms with Crippen LogP contribution in [0.4, 0.5) is 0 Å². The number of hydrogen-bond acceptors (Lipinski definition) is 5. The summed E-state index contributed by atoms with van der Waals surface area (Å²) in [7, 11) is 1.53. The van der Waals surface area contributed by atoms with Gasteiger partial charge in [0.25, 0.3) is 0 Å². The van der Waals surface area contributed by atoms with Gasteiger partial charge in [-0.25, -0.2) is 0 Å². The van der Waals surface area contributed by atoms with Crippen LogP contribution in [0.2, 0.25) is 0 Å². The number of esters is 1. The van der Waals surface area contributed by atoms with Crippen molar-refractivity contribution in [2.75, 3.05) is 20.3 Å². The van der Waals surface area contributed by atoms with Gasteiger partial charge >= 0.3 is 5.97 Å². The first-order valence-corrected chi connectivity index (χ1v) is 13.9. The maximum absolute atomic E-state index is 12.3. The number of ether oxygens (including phenoxy) is 2. The number of aryl methyl sites for hydroxylation is 2. The zero-order chi connectivity index (χ0) is 26.3. The smallest absolute Gasteiger partial charge is 0.311 e. The molecule has 0 aromatic heterocycles. The number of halogens is 2. The summed E-state index contributed by atoms with van der Waals surface area (Å²) in [6.07, 6.45) is 0.763. The fourth-order valence-corrected chi connectivity index (χ4v) is 4.64. The Labute approximate surface area is 241 Å². The van der Waals surface area contributed by atoms with E-state index in [0.29, 0.717) is 30.6 Å². The fourth-order valence-electron chi connectivity index (χ4n) is 3.27. The summed E-state index contributed by atoms with van der Waals surface area (Å²) in [5.41, 5.74) is 4.12. The van der Waals surface area contributed by atoms with Gasteiger partial charge in [0.2, 0.25) is 0 Å². The van der Waals surface area contributed by atoms with E-state index in [1.54, 1.807) is 0 Å². The number of hydrogen-bond donors (Lipinski definition) is 3. The molecule has 0 heterocycles. The number of nitrogens with one attached hydrogen (secondary N) is 2. The van der Waals surface area contributed by atoms with Crippen LogP contribution in [0.3, 0.4) is 0 Å². The number of phenolic OH excluding ortho intramolecular Hbond substituents is 1. The molecule has 192 valence electrons. The van der Waals surface area contributed by atoms with Crippen molar-refractivity contribution in [2.45, 2.75) is 47.6 Å². The second-order valence-electron chi connectivity index (χ2n) is 9.62. The number of benzene rings is 2. The quantitative estimate of drug-likeness (QED) is 0.176.